The molecule has 4 rings (SSSR count). The predicted molar refractivity (Wildman–Crippen MR) is 131 cm³/mol. The molecule has 0 aliphatic carbocycles. The van der Waals surface area contributed by atoms with Gasteiger partial charge in [-0.1, -0.05) is 30.3 Å². The fourth-order valence-electron chi connectivity index (χ4n) is 3.77. The number of benzene rings is 2. The van der Waals surface area contributed by atoms with E-state index in [9.17, 15) is 0 Å². The number of ether oxygens (including phenoxy) is 1. The lowest BCUT2D eigenvalue weighted by Gasteiger charge is -2.26. The third kappa shape index (κ3) is 5.03. The standard InChI is InChI=1S/C25H26N4OS/c1-18-22(23-10-3-4-11-24(23)27-18)12-14-29(17-19-7-6-13-26-16-19)25(31)28-20-8-5-9-21(15-20)30-2/h3-11,13,15-16,27H,12,14,17H2,1-2H3,(H,28,31). The van der Waals surface area contributed by atoms with Gasteiger partial charge < -0.3 is 19.9 Å². The topological polar surface area (TPSA) is 53.2 Å². The van der Waals surface area contributed by atoms with Gasteiger partial charge in [0.15, 0.2) is 5.11 Å². The molecule has 0 saturated carbocycles. The molecule has 2 aromatic heterocycles. The van der Waals surface area contributed by atoms with E-state index in [1.54, 1.807) is 13.3 Å². The van der Waals surface area contributed by atoms with E-state index in [-0.39, 0.29) is 0 Å². The Labute approximate surface area is 188 Å². The molecule has 0 saturated heterocycles. The Balaban J connectivity index is 1.54. The van der Waals surface area contributed by atoms with Crippen LogP contribution in [0.25, 0.3) is 10.9 Å². The van der Waals surface area contributed by atoms with Crippen LogP contribution < -0.4 is 10.1 Å². The maximum Gasteiger partial charge on any atom is 0.173 e. The van der Waals surface area contributed by atoms with Crippen LogP contribution in [0, 0.1) is 6.92 Å². The third-order valence-electron chi connectivity index (χ3n) is 5.36. The normalized spacial score (nSPS) is 10.8. The first-order valence-corrected chi connectivity index (χ1v) is 10.7. The number of nitrogens with zero attached hydrogens (tertiary/aromatic N) is 2. The SMILES string of the molecule is COc1cccc(NC(=S)N(CCc2c(C)[nH]c3ccccc23)Cc2cccnc2)c1. The number of pyridine rings is 1. The second-order valence-corrected chi connectivity index (χ2v) is 7.86. The fourth-order valence-corrected chi connectivity index (χ4v) is 4.05. The van der Waals surface area contributed by atoms with E-state index in [1.165, 1.54) is 22.2 Å². The first-order valence-electron chi connectivity index (χ1n) is 10.3. The molecule has 2 N–H and O–H groups in total. The van der Waals surface area contributed by atoms with E-state index in [0.29, 0.717) is 11.7 Å². The number of fused-ring (bicyclic) bond motifs is 1. The average molecular weight is 431 g/mol. The summed E-state index contributed by atoms with van der Waals surface area (Å²) in [6.07, 6.45) is 4.56. The number of aromatic nitrogens is 2. The van der Waals surface area contributed by atoms with Crippen LogP contribution in [0.1, 0.15) is 16.8 Å². The van der Waals surface area contributed by atoms with Crippen molar-refractivity contribution in [1.82, 2.24) is 14.9 Å². The van der Waals surface area contributed by atoms with Gasteiger partial charge in [0.05, 0.1) is 7.11 Å². The highest BCUT2D eigenvalue weighted by Gasteiger charge is 2.14. The van der Waals surface area contributed by atoms with Crippen molar-refractivity contribution in [1.29, 1.82) is 0 Å². The van der Waals surface area contributed by atoms with Crippen molar-refractivity contribution in [2.75, 3.05) is 19.0 Å². The van der Waals surface area contributed by atoms with Gasteiger partial charge in [-0.25, -0.2) is 0 Å². The summed E-state index contributed by atoms with van der Waals surface area (Å²) in [6, 6.07) is 20.3. The Kier molecular flexibility index (Phi) is 6.48. The van der Waals surface area contributed by atoms with Crippen molar-refractivity contribution in [3.8, 4) is 5.75 Å². The second-order valence-electron chi connectivity index (χ2n) is 7.47. The highest BCUT2D eigenvalue weighted by Crippen LogP contribution is 2.23. The van der Waals surface area contributed by atoms with Crippen molar-refractivity contribution in [2.45, 2.75) is 19.9 Å². The minimum absolute atomic E-state index is 0.676. The number of aryl methyl sites for hydroxylation is 1. The van der Waals surface area contributed by atoms with Crippen LogP contribution >= 0.6 is 12.2 Å². The van der Waals surface area contributed by atoms with E-state index in [2.05, 4.69) is 57.4 Å². The molecule has 0 aliphatic heterocycles. The third-order valence-corrected chi connectivity index (χ3v) is 5.72. The molecule has 0 unspecified atom stereocenters. The maximum absolute atomic E-state index is 5.81. The summed E-state index contributed by atoms with van der Waals surface area (Å²) in [7, 11) is 1.66. The van der Waals surface area contributed by atoms with Gasteiger partial charge in [-0.2, -0.15) is 0 Å². The van der Waals surface area contributed by atoms with Crippen LogP contribution in [0.3, 0.4) is 0 Å². The molecule has 5 nitrogen and oxygen atoms in total. The number of hydrogen-bond acceptors (Lipinski definition) is 3. The van der Waals surface area contributed by atoms with Crippen LogP contribution in [-0.2, 0) is 13.0 Å². The second kappa shape index (κ2) is 9.62. The Hall–Kier alpha value is -3.38. The summed E-state index contributed by atoms with van der Waals surface area (Å²) in [5.74, 6) is 0.793. The van der Waals surface area contributed by atoms with E-state index in [4.69, 9.17) is 17.0 Å². The molecule has 6 heteroatoms. The van der Waals surface area contributed by atoms with Crippen LogP contribution in [-0.4, -0.2) is 33.6 Å². The molecule has 0 atom stereocenters. The van der Waals surface area contributed by atoms with Crippen LogP contribution in [0.2, 0.25) is 0 Å². The summed E-state index contributed by atoms with van der Waals surface area (Å²) < 4.78 is 5.33. The molecule has 4 aromatic rings. The zero-order valence-corrected chi connectivity index (χ0v) is 18.6. The maximum atomic E-state index is 5.81. The number of para-hydroxylation sites is 1. The van der Waals surface area contributed by atoms with Gasteiger partial charge in [-0.05, 0) is 61.0 Å². The number of rotatable bonds is 7. The van der Waals surface area contributed by atoms with Gasteiger partial charge >= 0.3 is 0 Å². The minimum Gasteiger partial charge on any atom is -0.497 e. The Morgan fingerprint density at radius 1 is 1.13 bits per heavy atom. The smallest absolute Gasteiger partial charge is 0.173 e. The van der Waals surface area contributed by atoms with Gasteiger partial charge in [-0.3, -0.25) is 4.98 Å². The molecular weight excluding hydrogens is 404 g/mol. The van der Waals surface area contributed by atoms with Gasteiger partial charge in [0, 0.05) is 53.8 Å². The van der Waals surface area contributed by atoms with Crippen LogP contribution in [0.15, 0.2) is 73.1 Å². The highest BCUT2D eigenvalue weighted by atomic mass is 32.1. The molecule has 31 heavy (non-hydrogen) atoms. The number of thiocarbonyl (C=S) groups is 1. The van der Waals surface area contributed by atoms with E-state index in [1.807, 2.05) is 36.5 Å². The van der Waals surface area contributed by atoms with Gasteiger partial charge in [0.2, 0.25) is 0 Å². The predicted octanol–water partition coefficient (Wildman–Crippen LogP) is 5.32. The minimum atomic E-state index is 0.676. The van der Waals surface area contributed by atoms with Gasteiger partial charge in [-0.15, -0.1) is 0 Å². The fraction of sp³-hybridized carbons (Fsp3) is 0.200. The van der Waals surface area contributed by atoms with Crippen LogP contribution in [0.4, 0.5) is 5.69 Å². The molecule has 158 valence electrons. The van der Waals surface area contributed by atoms with E-state index >= 15 is 0 Å². The summed E-state index contributed by atoms with van der Waals surface area (Å²) in [5, 5.41) is 5.31. The number of methoxy groups -OCH3 is 1. The van der Waals surface area contributed by atoms with Crippen molar-refractivity contribution in [2.24, 2.45) is 0 Å². The summed E-state index contributed by atoms with van der Waals surface area (Å²) in [6.45, 7) is 3.60. The monoisotopic (exact) mass is 430 g/mol. The van der Waals surface area contributed by atoms with Crippen LogP contribution in [0.5, 0.6) is 5.75 Å². The Bertz CT molecular complexity index is 1170. The number of hydrogen-bond donors (Lipinski definition) is 2. The number of nitrogens with one attached hydrogen (secondary N) is 2. The number of anilines is 1. The van der Waals surface area contributed by atoms with Crippen molar-refractivity contribution in [3.05, 3.63) is 89.9 Å². The first kappa shape index (κ1) is 20.9. The molecule has 0 amide bonds. The summed E-state index contributed by atoms with van der Waals surface area (Å²) >= 11 is 5.81. The summed E-state index contributed by atoms with van der Waals surface area (Å²) in [4.78, 5) is 9.94. The lowest BCUT2D eigenvalue weighted by Crippen LogP contribution is -2.36. The quantitative estimate of drug-likeness (QED) is 0.389. The molecule has 0 aliphatic rings. The summed E-state index contributed by atoms with van der Waals surface area (Å²) in [5.41, 5.74) is 5.73. The number of aromatic amines is 1. The number of H-pyrrole nitrogens is 1. The molecule has 0 radical (unpaired) electrons. The lowest BCUT2D eigenvalue weighted by molar-refractivity contribution is 0.414. The Morgan fingerprint density at radius 2 is 2.00 bits per heavy atom. The van der Waals surface area contributed by atoms with Gasteiger partial charge in [0.1, 0.15) is 5.75 Å². The zero-order chi connectivity index (χ0) is 21.6. The molecule has 0 bridgehead atoms. The Morgan fingerprint density at radius 3 is 2.81 bits per heavy atom. The molecule has 0 spiro atoms. The zero-order valence-electron chi connectivity index (χ0n) is 17.8. The largest absolute Gasteiger partial charge is 0.497 e. The molecular formula is C25H26N4OS. The lowest BCUT2D eigenvalue weighted by atomic mass is 10.1. The highest BCUT2D eigenvalue weighted by molar-refractivity contribution is 7.80. The van der Waals surface area contributed by atoms with Crippen molar-refractivity contribution in [3.63, 3.8) is 0 Å². The van der Waals surface area contributed by atoms with Gasteiger partial charge in [0.25, 0.3) is 0 Å². The average Bonchev–Trinajstić information content (AvgIpc) is 3.12. The molecule has 0 fully saturated rings. The molecule has 2 heterocycles. The first-order chi connectivity index (χ1) is 15.1. The van der Waals surface area contributed by atoms with Crippen molar-refractivity contribution >= 4 is 33.9 Å². The van der Waals surface area contributed by atoms with Crippen molar-refractivity contribution < 1.29 is 4.74 Å². The van der Waals surface area contributed by atoms with E-state index in [0.717, 1.165) is 30.0 Å². The molecule has 2 aromatic carbocycles. The van der Waals surface area contributed by atoms with E-state index < -0.39 is 0 Å².